The van der Waals surface area contributed by atoms with Crippen molar-refractivity contribution < 1.29 is 33.3 Å². The highest BCUT2D eigenvalue weighted by atomic mass is 16.5. The van der Waals surface area contributed by atoms with Crippen molar-refractivity contribution >= 4 is 17.7 Å². The number of benzene rings is 2. The number of methoxy groups -OCH3 is 3. The third-order valence-electron chi connectivity index (χ3n) is 4.06. The van der Waals surface area contributed by atoms with E-state index in [4.69, 9.17) is 18.9 Å². The third-order valence-corrected chi connectivity index (χ3v) is 4.06. The molecule has 0 fully saturated rings. The summed E-state index contributed by atoms with van der Waals surface area (Å²) in [5.74, 6) is -0.102. The van der Waals surface area contributed by atoms with Crippen LogP contribution in [-0.2, 0) is 9.53 Å². The molecule has 0 bridgehead atoms. The molecule has 1 atom stereocenters. The molecule has 0 unspecified atom stereocenters. The molecule has 29 heavy (non-hydrogen) atoms. The van der Waals surface area contributed by atoms with Crippen molar-refractivity contribution in [1.82, 2.24) is 5.32 Å². The molecular weight excluding hydrogens is 378 g/mol. The van der Waals surface area contributed by atoms with Gasteiger partial charge in [0.05, 0.1) is 21.3 Å². The minimum absolute atomic E-state index is 0.261. The Balaban J connectivity index is 1.91. The van der Waals surface area contributed by atoms with E-state index in [-0.39, 0.29) is 11.3 Å². The van der Waals surface area contributed by atoms with Gasteiger partial charge in [-0.15, -0.1) is 0 Å². The number of rotatable bonds is 9. The predicted molar refractivity (Wildman–Crippen MR) is 105 cm³/mol. The van der Waals surface area contributed by atoms with Crippen molar-refractivity contribution in [3.63, 3.8) is 0 Å². The van der Waals surface area contributed by atoms with Crippen LogP contribution >= 0.6 is 0 Å². The number of ketones is 1. The molecule has 1 N–H and O–H groups in total. The van der Waals surface area contributed by atoms with Gasteiger partial charge in [0.2, 0.25) is 5.78 Å². The number of nitrogens with one attached hydrogen (secondary N) is 1. The maximum Gasteiger partial charge on any atom is 0.326 e. The molecule has 0 aromatic heterocycles. The lowest BCUT2D eigenvalue weighted by atomic mass is 10.1. The number of hydrogen-bond donors (Lipinski definition) is 1. The van der Waals surface area contributed by atoms with E-state index in [9.17, 15) is 14.4 Å². The van der Waals surface area contributed by atoms with Crippen LogP contribution in [0.15, 0.2) is 42.5 Å². The Morgan fingerprint density at radius 2 is 1.38 bits per heavy atom. The minimum atomic E-state index is -0.996. The maximum atomic E-state index is 12.3. The van der Waals surface area contributed by atoms with E-state index in [0.717, 1.165) is 0 Å². The van der Waals surface area contributed by atoms with E-state index in [1.165, 1.54) is 40.4 Å². The first kappa shape index (κ1) is 21.7. The van der Waals surface area contributed by atoms with Crippen LogP contribution in [-0.4, -0.2) is 51.6 Å². The largest absolute Gasteiger partial charge is 0.497 e. The van der Waals surface area contributed by atoms with Gasteiger partial charge in [-0.1, -0.05) is 0 Å². The van der Waals surface area contributed by atoms with Gasteiger partial charge in [0, 0.05) is 17.2 Å². The third kappa shape index (κ3) is 5.97. The molecule has 0 aliphatic carbocycles. The average molecular weight is 401 g/mol. The summed E-state index contributed by atoms with van der Waals surface area (Å²) in [7, 11) is 4.46. The van der Waals surface area contributed by atoms with Gasteiger partial charge in [-0.2, -0.15) is 0 Å². The number of Topliss-reactive ketones (excluding diaryl/α,β-unsaturated/α-hetero) is 1. The number of esters is 1. The van der Waals surface area contributed by atoms with Crippen molar-refractivity contribution in [2.24, 2.45) is 0 Å². The summed E-state index contributed by atoms with van der Waals surface area (Å²) in [5, 5.41) is 2.45. The van der Waals surface area contributed by atoms with E-state index >= 15 is 0 Å². The van der Waals surface area contributed by atoms with E-state index in [1.807, 2.05) is 0 Å². The first-order chi connectivity index (χ1) is 13.9. The van der Waals surface area contributed by atoms with Gasteiger partial charge in [-0.05, 0) is 43.3 Å². The molecule has 2 aromatic carbocycles. The zero-order chi connectivity index (χ0) is 21.4. The Labute approximate surface area is 168 Å². The Kier molecular flexibility index (Phi) is 7.59. The van der Waals surface area contributed by atoms with Crippen molar-refractivity contribution in [2.75, 3.05) is 27.9 Å². The van der Waals surface area contributed by atoms with Crippen molar-refractivity contribution in [3.05, 3.63) is 53.6 Å². The zero-order valence-corrected chi connectivity index (χ0v) is 16.7. The standard InChI is InChI=1S/C21H23NO7/c1-13(20(24)14-5-7-16(26-2)8-6-14)29-19(23)12-22-21(25)15-9-17(27-3)11-18(10-15)28-4/h5-11,13H,12H2,1-4H3,(H,22,25)/t13-/m0/s1. The lowest BCUT2D eigenvalue weighted by molar-refractivity contribution is -0.145. The Hall–Kier alpha value is -3.55. The van der Waals surface area contributed by atoms with Crippen molar-refractivity contribution in [3.8, 4) is 17.2 Å². The van der Waals surface area contributed by atoms with E-state index in [1.54, 1.807) is 30.3 Å². The smallest absolute Gasteiger partial charge is 0.326 e. The average Bonchev–Trinajstić information content (AvgIpc) is 2.76. The molecule has 8 heteroatoms. The first-order valence-corrected chi connectivity index (χ1v) is 8.77. The molecule has 0 saturated carbocycles. The summed E-state index contributed by atoms with van der Waals surface area (Å²) < 4.78 is 20.4. The lowest BCUT2D eigenvalue weighted by Gasteiger charge is -2.13. The van der Waals surface area contributed by atoms with Crippen molar-refractivity contribution in [1.29, 1.82) is 0 Å². The highest BCUT2D eigenvalue weighted by Crippen LogP contribution is 2.22. The highest BCUT2D eigenvalue weighted by Gasteiger charge is 2.20. The van der Waals surface area contributed by atoms with Gasteiger partial charge in [0.1, 0.15) is 23.8 Å². The van der Waals surface area contributed by atoms with Crippen LogP contribution in [0, 0.1) is 0 Å². The molecule has 2 aromatic rings. The van der Waals surface area contributed by atoms with Crippen LogP contribution in [0.2, 0.25) is 0 Å². The van der Waals surface area contributed by atoms with Crippen LogP contribution in [0.25, 0.3) is 0 Å². The molecule has 0 aliphatic rings. The van der Waals surface area contributed by atoms with Gasteiger partial charge in [-0.25, -0.2) is 0 Å². The van der Waals surface area contributed by atoms with Gasteiger partial charge < -0.3 is 24.3 Å². The molecule has 2 rings (SSSR count). The Bertz CT molecular complexity index is 855. The fourth-order valence-corrected chi connectivity index (χ4v) is 2.48. The molecular formula is C21H23NO7. The second kappa shape index (κ2) is 10.1. The van der Waals surface area contributed by atoms with E-state index in [0.29, 0.717) is 22.8 Å². The van der Waals surface area contributed by atoms with Crippen LogP contribution in [0.4, 0.5) is 0 Å². The second-order valence-corrected chi connectivity index (χ2v) is 6.01. The molecule has 0 radical (unpaired) electrons. The molecule has 154 valence electrons. The molecule has 0 saturated heterocycles. The lowest BCUT2D eigenvalue weighted by Crippen LogP contribution is -2.34. The van der Waals surface area contributed by atoms with Gasteiger partial charge in [0.15, 0.2) is 6.10 Å². The molecule has 1 amide bonds. The number of amides is 1. The molecule has 8 nitrogen and oxygen atoms in total. The highest BCUT2D eigenvalue weighted by molar-refractivity contribution is 6.00. The number of carbonyl (C=O) groups is 3. The van der Waals surface area contributed by atoms with Crippen LogP contribution in [0.5, 0.6) is 17.2 Å². The van der Waals surface area contributed by atoms with Crippen LogP contribution in [0.1, 0.15) is 27.6 Å². The van der Waals surface area contributed by atoms with Crippen LogP contribution < -0.4 is 19.5 Å². The first-order valence-electron chi connectivity index (χ1n) is 8.77. The summed E-state index contributed by atoms with van der Waals surface area (Å²) in [5.41, 5.74) is 0.648. The Morgan fingerprint density at radius 3 is 1.90 bits per heavy atom. The zero-order valence-electron chi connectivity index (χ0n) is 16.7. The number of ether oxygens (including phenoxy) is 4. The topological polar surface area (TPSA) is 100 Å². The summed E-state index contributed by atoms with van der Waals surface area (Å²) in [6, 6.07) is 11.1. The van der Waals surface area contributed by atoms with E-state index in [2.05, 4.69) is 5.32 Å². The second-order valence-electron chi connectivity index (χ2n) is 6.01. The summed E-state index contributed by atoms with van der Waals surface area (Å²) in [4.78, 5) is 36.6. The SMILES string of the molecule is COc1ccc(C(=O)[C@H](C)OC(=O)CNC(=O)c2cc(OC)cc(OC)c2)cc1. The maximum absolute atomic E-state index is 12.3. The summed E-state index contributed by atoms with van der Waals surface area (Å²) >= 11 is 0. The van der Waals surface area contributed by atoms with Gasteiger partial charge in [0.25, 0.3) is 5.91 Å². The predicted octanol–water partition coefficient (Wildman–Crippen LogP) is 2.26. The normalized spacial score (nSPS) is 11.2. The summed E-state index contributed by atoms with van der Waals surface area (Å²) in [6.45, 7) is 1.08. The van der Waals surface area contributed by atoms with E-state index < -0.39 is 24.5 Å². The van der Waals surface area contributed by atoms with Crippen LogP contribution in [0.3, 0.4) is 0 Å². The number of carbonyl (C=O) groups excluding carboxylic acids is 3. The number of hydrogen-bond acceptors (Lipinski definition) is 7. The molecule has 0 aliphatic heterocycles. The fourth-order valence-electron chi connectivity index (χ4n) is 2.48. The summed E-state index contributed by atoms with van der Waals surface area (Å²) in [6.07, 6.45) is -0.996. The monoisotopic (exact) mass is 401 g/mol. The quantitative estimate of drug-likeness (QED) is 0.508. The van der Waals surface area contributed by atoms with Crippen molar-refractivity contribution in [2.45, 2.75) is 13.0 Å². The Morgan fingerprint density at radius 1 is 0.828 bits per heavy atom. The van der Waals surface area contributed by atoms with Gasteiger partial charge in [-0.3, -0.25) is 14.4 Å². The molecule has 0 spiro atoms. The minimum Gasteiger partial charge on any atom is -0.497 e. The van der Waals surface area contributed by atoms with Gasteiger partial charge >= 0.3 is 5.97 Å². The fraction of sp³-hybridized carbons (Fsp3) is 0.286. The molecule has 0 heterocycles.